The van der Waals surface area contributed by atoms with Crippen molar-refractivity contribution in [1.82, 2.24) is 10.3 Å². The van der Waals surface area contributed by atoms with Gasteiger partial charge in [-0.3, -0.25) is 0 Å². The molecule has 1 aromatic heterocycles. The summed E-state index contributed by atoms with van der Waals surface area (Å²) in [7, 11) is 0. The minimum Gasteiger partial charge on any atom is -0.356 e. The van der Waals surface area contributed by atoms with Gasteiger partial charge in [0.25, 0.3) is 0 Å². The Kier molecular flexibility index (Phi) is 4.75. The molecule has 1 aromatic rings. The first-order chi connectivity index (χ1) is 9.26. The highest BCUT2D eigenvalue weighted by Gasteiger charge is 2.19. The van der Waals surface area contributed by atoms with E-state index >= 15 is 0 Å². The molecule has 102 valence electrons. The van der Waals surface area contributed by atoms with Gasteiger partial charge in [0.1, 0.15) is 11.9 Å². The first-order valence-corrected chi connectivity index (χ1v) is 7.07. The summed E-state index contributed by atoms with van der Waals surface area (Å²) < 4.78 is 0. The van der Waals surface area contributed by atoms with Crippen molar-refractivity contribution in [3.63, 3.8) is 0 Å². The van der Waals surface area contributed by atoms with Crippen LogP contribution in [0.1, 0.15) is 30.9 Å². The van der Waals surface area contributed by atoms with E-state index in [-0.39, 0.29) is 0 Å². The molecule has 4 nitrogen and oxygen atoms in total. The van der Waals surface area contributed by atoms with E-state index in [0.717, 1.165) is 43.1 Å². The number of rotatable bonds is 4. The molecule has 1 fully saturated rings. The van der Waals surface area contributed by atoms with E-state index in [1.165, 1.54) is 12.8 Å². The minimum absolute atomic E-state index is 0.704. The smallest absolute Gasteiger partial charge is 0.146 e. The van der Waals surface area contributed by atoms with E-state index < -0.39 is 0 Å². The van der Waals surface area contributed by atoms with Gasteiger partial charge in [0.05, 0.1) is 5.56 Å². The van der Waals surface area contributed by atoms with Crippen LogP contribution in [0.15, 0.2) is 12.3 Å². The van der Waals surface area contributed by atoms with Gasteiger partial charge in [-0.2, -0.15) is 5.26 Å². The van der Waals surface area contributed by atoms with Crippen LogP contribution in [0.2, 0.25) is 0 Å². The maximum absolute atomic E-state index is 9.32. The molecule has 1 aliphatic rings. The fourth-order valence-electron chi connectivity index (χ4n) is 2.66. The molecule has 0 aromatic carbocycles. The lowest BCUT2D eigenvalue weighted by molar-refractivity contribution is 0.374. The largest absolute Gasteiger partial charge is 0.356 e. The summed E-state index contributed by atoms with van der Waals surface area (Å²) in [6.45, 7) is 8.22. The average Bonchev–Trinajstić information content (AvgIpc) is 2.45. The maximum atomic E-state index is 9.32. The zero-order valence-corrected chi connectivity index (χ0v) is 11.8. The fourth-order valence-corrected chi connectivity index (χ4v) is 2.66. The number of nitrogens with zero attached hydrogens (tertiary/aromatic N) is 3. The summed E-state index contributed by atoms with van der Waals surface area (Å²) in [4.78, 5) is 6.69. The van der Waals surface area contributed by atoms with Gasteiger partial charge in [-0.1, -0.05) is 0 Å². The van der Waals surface area contributed by atoms with Crippen molar-refractivity contribution in [1.29, 1.82) is 5.26 Å². The van der Waals surface area contributed by atoms with Crippen molar-refractivity contribution in [2.45, 2.75) is 26.7 Å². The average molecular weight is 258 g/mol. The molecular weight excluding hydrogens is 236 g/mol. The van der Waals surface area contributed by atoms with Crippen LogP contribution in [0, 0.1) is 24.2 Å². The molecule has 0 bridgehead atoms. The van der Waals surface area contributed by atoms with Crippen molar-refractivity contribution in [2.75, 3.05) is 31.1 Å². The number of pyridine rings is 1. The van der Waals surface area contributed by atoms with Crippen LogP contribution < -0.4 is 10.2 Å². The van der Waals surface area contributed by atoms with Gasteiger partial charge in [0, 0.05) is 19.3 Å². The lowest BCUT2D eigenvalue weighted by atomic mass is 9.97. The van der Waals surface area contributed by atoms with Gasteiger partial charge in [0.15, 0.2) is 0 Å². The molecule has 0 spiro atoms. The van der Waals surface area contributed by atoms with Crippen LogP contribution in [-0.4, -0.2) is 31.2 Å². The zero-order valence-electron chi connectivity index (χ0n) is 11.8. The summed E-state index contributed by atoms with van der Waals surface area (Å²) in [5.74, 6) is 1.55. The number of hydrogen-bond acceptors (Lipinski definition) is 4. The molecular formula is C15H22N4. The first kappa shape index (κ1) is 13.8. The molecule has 1 saturated heterocycles. The van der Waals surface area contributed by atoms with Crippen LogP contribution in [0.5, 0.6) is 0 Å². The second-order valence-electron chi connectivity index (χ2n) is 5.17. The highest BCUT2D eigenvalue weighted by Crippen LogP contribution is 2.23. The van der Waals surface area contributed by atoms with Crippen LogP contribution in [-0.2, 0) is 0 Å². The van der Waals surface area contributed by atoms with Crippen LogP contribution in [0.25, 0.3) is 0 Å². The molecule has 2 rings (SSSR count). The van der Waals surface area contributed by atoms with Crippen molar-refractivity contribution in [2.24, 2.45) is 5.92 Å². The first-order valence-electron chi connectivity index (χ1n) is 7.07. The predicted octanol–water partition coefficient (Wildman–Crippen LogP) is 2.09. The Morgan fingerprint density at radius 3 is 2.84 bits per heavy atom. The molecule has 4 heteroatoms. The number of nitrogens with one attached hydrogen (secondary N) is 1. The van der Waals surface area contributed by atoms with Gasteiger partial charge in [-0.15, -0.1) is 0 Å². The molecule has 0 amide bonds. The summed E-state index contributed by atoms with van der Waals surface area (Å²) in [5, 5.41) is 12.7. The van der Waals surface area contributed by atoms with Crippen molar-refractivity contribution >= 4 is 5.82 Å². The Hall–Kier alpha value is -1.60. The zero-order chi connectivity index (χ0) is 13.7. The third kappa shape index (κ3) is 3.24. The molecule has 2 heterocycles. The molecule has 1 N–H and O–H groups in total. The summed E-state index contributed by atoms with van der Waals surface area (Å²) in [6, 6.07) is 4.20. The Balaban J connectivity index is 2.17. The lowest BCUT2D eigenvalue weighted by Gasteiger charge is -2.30. The summed E-state index contributed by atoms with van der Waals surface area (Å²) in [5.41, 5.74) is 1.73. The number of aromatic nitrogens is 1. The number of aryl methyl sites for hydroxylation is 1. The van der Waals surface area contributed by atoms with E-state index in [0.29, 0.717) is 5.92 Å². The second kappa shape index (κ2) is 6.53. The van der Waals surface area contributed by atoms with Crippen molar-refractivity contribution in [3.8, 4) is 6.07 Å². The van der Waals surface area contributed by atoms with Gasteiger partial charge in [0.2, 0.25) is 0 Å². The third-order valence-corrected chi connectivity index (χ3v) is 3.87. The van der Waals surface area contributed by atoms with Gasteiger partial charge in [-0.25, -0.2) is 4.98 Å². The SMILES string of the molecule is CCN(CC1CCNCC1)c1nccc(C)c1C#N. The molecule has 19 heavy (non-hydrogen) atoms. The van der Waals surface area contributed by atoms with Crippen LogP contribution >= 0.6 is 0 Å². The highest BCUT2D eigenvalue weighted by atomic mass is 15.2. The molecule has 1 aliphatic heterocycles. The Bertz CT molecular complexity index is 458. The monoisotopic (exact) mass is 258 g/mol. The fraction of sp³-hybridized carbons (Fsp3) is 0.600. The lowest BCUT2D eigenvalue weighted by Crippen LogP contribution is -2.36. The van der Waals surface area contributed by atoms with E-state index in [4.69, 9.17) is 0 Å². The molecule has 0 unspecified atom stereocenters. The van der Waals surface area contributed by atoms with Gasteiger partial charge in [-0.05, 0) is 57.3 Å². The molecule has 0 aliphatic carbocycles. The van der Waals surface area contributed by atoms with Crippen LogP contribution in [0.4, 0.5) is 5.82 Å². The minimum atomic E-state index is 0.704. The van der Waals surface area contributed by atoms with Crippen LogP contribution in [0.3, 0.4) is 0 Å². The van der Waals surface area contributed by atoms with E-state index in [1.54, 1.807) is 6.20 Å². The van der Waals surface area contributed by atoms with Gasteiger partial charge < -0.3 is 10.2 Å². The number of nitriles is 1. The number of anilines is 1. The topological polar surface area (TPSA) is 52.0 Å². The highest BCUT2D eigenvalue weighted by molar-refractivity contribution is 5.57. The molecule has 0 saturated carbocycles. The van der Waals surface area contributed by atoms with E-state index in [9.17, 15) is 5.26 Å². The van der Waals surface area contributed by atoms with E-state index in [1.807, 2.05) is 13.0 Å². The quantitative estimate of drug-likeness (QED) is 0.898. The number of piperidine rings is 1. The second-order valence-corrected chi connectivity index (χ2v) is 5.17. The Morgan fingerprint density at radius 2 is 2.21 bits per heavy atom. The number of hydrogen-bond donors (Lipinski definition) is 1. The third-order valence-electron chi connectivity index (χ3n) is 3.87. The molecule has 0 radical (unpaired) electrons. The standard InChI is InChI=1S/C15H22N4/c1-3-19(11-13-5-7-17-8-6-13)15-14(10-16)12(2)4-9-18-15/h4,9,13,17H,3,5-8,11H2,1-2H3. The van der Waals surface area contributed by atoms with Crippen molar-refractivity contribution < 1.29 is 0 Å². The molecule has 0 atom stereocenters. The normalized spacial score (nSPS) is 16.1. The summed E-state index contributed by atoms with van der Waals surface area (Å²) >= 11 is 0. The van der Waals surface area contributed by atoms with Gasteiger partial charge >= 0.3 is 0 Å². The Morgan fingerprint density at radius 1 is 1.47 bits per heavy atom. The summed E-state index contributed by atoms with van der Waals surface area (Å²) in [6.07, 6.45) is 4.23. The predicted molar refractivity (Wildman–Crippen MR) is 77.2 cm³/mol. The Labute approximate surface area is 115 Å². The van der Waals surface area contributed by atoms with Crippen molar-refractivity contribution in [3.05, 3.63) is 23.4 Å². The van der Waals surface area contributed by atoms with E-state index in [2.05, 4.69) is 28.2 Å². The maximum Gasteiger partial charge on any atom is 0.146 e.